The summed E-state index contributed by atoms with van der Waals surface area (Å²) in [6.45, 7) is 5.00. The van der Waals surface area contributed by atoms with E-state index in [1.165, 1.54) is 50.2 Å². The Hall–Kier alpha value is -2.39. The first-order valence-corrected chi connectivity index (χ1v) is 11.0. The fourth-order valence-electron chi connectivity index (χ4n) is 5.20. The normalized spacial score (nSPS) is 23.2. The van der Waals surface area contributed by atoms with E-state index in [2.05, 4.69) is 25.7 Å². The topological polar surface area (TPSA) is 67.0 Å². The van der Waals surface area contributed by atoms with Crippen molar-refractivity contribution in [3.8, 4) is 11.8 Å². The molecule has 2 aromatic rings. The first kappa shape index (κ1) is 18.6. The van der Waals surface area contributed by atoms with Gasteiger partial charge in [0.15, 0.2) is 0 Å². The van der Waals surface area contributed by atoms with Crippen LogP contribution in [0.3, 0.4) is 0 Å². The maximum Gasteiger partial charge on any atom is 0.136 e. The molecule has 1 atom stereocenters. The maximum atomic E-state index is 8.99. The lowest BCUT2D eigenvalue weighted by atomic mass is 9.90. The fourth-order valence-corrected chi connectivity index (χ4v) is 5.20. The van der Waals surface area contributed by atoms with Crippen LogP contribution in [0.15, 0.2) is 24.3 Å². The lowest BCUT2D eigenvalue weighted by Gasteiger charge is -2.32. The van der Waals surface area contributed by atoms with E-state index in [-0.39, 0.29) is 0 Å². The first-order valence-electron chi connectivity index (χ1n) is 11.0. The van der Waals surface area contributed by atoms with Gasteiger partial charge in [-0.15, -0.1) is 10.2 Å². The minimum Gasteiger partial charge on any atom is -0.492 e. The van der Waals surface area contributed by atoms with E-state index < -0.39 is 0 Å². The average Bonchev–Trinajstić information content (AvgIpc) is 3.39. The molecular formula is C23H29N5O. The SMILES string of the molecule is N#Cc1cccc(OCCN2CCC3(CC2)CC3c2nnc3n2CCCCC3)c1. The molecule has 1 aromatic heterocycles. The third-order valence-electron chi connectivity index (χ3n) is 7.13. The summed E-state index contributed by atoms with van der Waals surface area (Å²) in [6, 6.07) is 9.56. The number of piperidine rings is 1. The van der Waals surface area contributed by atoms with Crippen LogP contribution in [0.4, 0.5) is 0 Å². The zero-order chi connectivity index (χ0) is 19.7. The Morgan fingerprint density at radius 1 is 1.14 bits per heavy atom. The molecule has 6 nitrogen and oxygen atoms in total. The Labute approximate surface area is 172 Å². The summed E-state index contributed by atoms with van der Waals surface area (Å²) >= 11 is 0. The van der Waals surface area contributed by atoms with Gasteiger partial charge in [0.1, 0.15) is 24.0 Å². The van der Waals surface area contributed by atoms with Gasteiger partial charge >= 0.3 is 0 Å². The van der Waals surface area contributed by atoms with Gasteiger partial charge in [-0.1, -0.05) is 12.5 Å². The molecule has 0 bridgehead atoms. The molecular weight excluding hydrogens is 362 g/mol. The minimum absolute atomic E-state index is 0.467. The number of hydrogen-bond acceptors (Lipinski definition) is 5. The van der Waals surface area contributed by atoms with E-state index in [1.807, 2.05) is 18.2 Å². The number of nitriles is 1. The lowest BCUT2D eigenvalue weighted by molar-refractivity contribution is 0.143. The Balaban J connectivity index is 1.12. The number of likely N-dealkylation sites (tertiary alicyclic amines) is 1. The Morgan fingerprint density at radius 3 is 2.90 bits per heavy atom. The highest BCUT2D eigenvalue weighted by Gasteiger charge is 2.57. The summed E-state index contributed by atoms with van der Waals surface area (Å²) < 4.78 is 8.30. The van der Waals surface area contributed by atoms with Gasteiger partial charge in [0.05, 0.1) is 11.6 Å². The number of aromatic nitrogens is 3. The Kier molecular flexibility index (Phi) is 5.01. The number of nitrogens with zero attached hydrogens (tertiary/aromatic N) is 5. The van der Waals surface area contributed by atoms with Crippen LogP contribution in [0.2, 0.25) is 0 Å². The summed E-state index contributed by atoms with van der Waals surface area (Å²) in [5.41, 5.74) is 1.11. The minimum atomic E-state index is 0.467. The van der Waals surface area contributed by atoms with Crippen molar-refractivity contribution in [3.05, 3.63) is 41.5 Å². The zero-order valence-corrected chi connectivity index (χ0v) is 17.0. The van der Waals surface area contributed by atoms with Crippen LogP contribution >= 0.6 is 0 Å². The second kappa shape index (κ2) is 7.79. The molecule has 152 valence electrons. The highest BCUT2D eigenvalue weighted by atomic mass is 16.5. The molecule has 3 heterocycles. The number of rotatable bonds is 5. The lowest BCUT2D eigenvalue weighted by Crippen LogP contribution is -2.37. The second-order valence-electron chi connectivity index (χ2n) is 8.89. The van der Waals surface area contributed by atoms with Crippen LogP contribution in [-0.2, 0) is 13.0 Å². The van der Waals surface area contributed by atoms with Gasteiger partial charge in [-0.3, -0.25) is 4.90 Å². The fraction of sp³-hybridized carbons (Fsp3) is 0.609. The summed E-state index contributed by atoms with van der Waals surface area (Å²) in [4.78, 5) is 2.51. The maximum absolute atomic E-state index is 8.99. The van der Waals surface area contributed by atoms with E-state index in [9.17, 15) is 0 Å². The molecule has 2 aliphatic heterocycles. The molecule has 1 saturated carbocycles. The van der Waals surface area contributed by atoms with Crippen molar-refractivity contribution in [1.29, 1.82) is 5.26 Å². The molecule has 5 rings (SSSR count). The number of aryl methyl sites for hydroxylation is 1. The van der Waals surface area contributed by atoms with Gasteiger partial charge in [-0.2, -0.15) is 5.26 Å². The molecule has 1 unspecified atom stereocenters. The Morgan fingerprint density at radius 2 is 2.03 bits per heavy atom. The van der Waals surface area contributed by atoms with Crippen molar-refractivity contribution in [2.75, 3.05) is 26.2 Å². The molecule has 6 heteroatoms. The smallest absolute Gasteiger partial charge is 0.136 e. The van der Waals surface area contributed by atoms with Crippen LogP contribution in [0.5, 0.6) is 5.75 Å². The molecule has 1 spiro atoms. The summed E-state index contributed by atoms with van der Waals surface area (Å²) in [6.07, 6.45) is 8.73. The summed E-state index contributed by atoms with van der Waals surface area (Å²) in [5.74, 6) is 3.90. The zero-order valence-electron chi connectivity index (χ0n) is 17.0. The third kappa shape index (κ3) is 3.76. The van der Waals surface area contributed by atoms with Crippen molar-refractivity contribution in [2.45, 2.75) is 57.4 Å². The molecule has 0 amide bonds. The third-order valence-corrected chi connectivity index (χ3v) is 7.13. The number of fused-ring (bicyclic) bond motifs is 1. The van der Waals surface area contributed by atoms with Crippen LogP contribution in [-0.4, -0.2) is 45.9 Å². The number of benzene rings is 1. The van der Waals surface area contributed by atoms with Crippen molar-refractivity contribution >= 4 is 0 Å². The van der Waals surface area contributed by atoms with Gasteiger partial charge in [0.2, 0.25) is 0 Å². The van der Waals surface area contributed by atoms with Crippen LogP contribution in [0, 0.1) is 16.7 Å². The molecule has 0 N–H and O–H groups in total. The largest absolute Gasteiger partial charge is 0.492 e. The van der Waals surface area contributed by atoms with E-state index in [0.29, 0.717) is 23.5 Å². The van der Waals surface area contributed by atoms with Gasteiger partial charge in [-0.05, 0) is 68.8 Å². The van der Waals surface area contributed by atoms with E-state index in [4.69, 9.17) is 10.00 Å². The van der Waals surface area contributed by atoms with Crippen molar-refractivity contribution < 1.29 is 4.74 Å². The van der Waals surface area contributed by atoms with E-state index >= 15 is 0 Å². The molecule has 1 aliphatic carbocycles. The van der Waals surface area contributed by atoms with E-state index in [0.717, 1.165) is 38.3 Å². The van der Waals surface area contributed by atoms with Gasteiger partial charge in [0.25, 0.3) is 0 Å². The standard InChI is InChI=1S/C23H29N5O/c24-17-18-5-4-6-19(15-18)29-14-13-27-11-8-23(9-12-27)16-20(23)22-26-25-21-7-2-1-3-10-28(21)22/h4-6,15,20H,1-3,7-14,16H2. The summed E-state index contributed by atoms with van der Waals surface area (Å²) in [5, 5.41) is 18.1. The molecule has 1 saturated heterocycles. The van der Waals surface area contributed by atoms with Crippen LogP contribution in [0.1, 0.15) is 61.7 Å². The van der Waals surface area contributed by atoms with Gasteiger partial charge in [-0.25, -0.2) is 0 Å². The molecule has 1 aromatic carbocycles. The molecule has 29 heavy (non-hydrogen) atoms. The predicted molar refractivity (Wildman–Crippen MR) is 110 cm³/mol. The molecule has 2 fully saturated rings. The Bertz CT molecular complexity index is 906. The average molecular weight is 392 g/mol. The molecule has 0 radical (unpaired) electrons. The highest BCUT2D eigenvalue weighted by molar-refractivity contribution is 5.36. The summed E-state index contributed by atoms with van der Waals surface area (Å²) in [7, 11) is 0. The van der Waals surface area contributed by atoms with Gasteiger partial charge in [0, 0.05) is 25.4 Å². The van der Waals surface area contributed by atoms with Crippen molar-refractivity contribution in [3.63, 3.8) is 0 Å². The van der Waals surface area contributed by atoms with Crippen LogP contribution in [0.25, 0.3) is 0 Å². The first-order chi connectivity index (χ1) is 14.3. The molecule has 3 aliphatic rings. The van der Waals surface area contributed by atoms with Crippen molar-refractivity contribution in [2.24, 2.45) is 5.41 Å². The monoisotopic (exact) mass is 391 g/mol. The number of ether oxygens (including phenoxy) is 1. The number of hydrogen-bond donors (Lipinski definition) is 0. The highest BCUT2D eigenvalue weighted by Crippen LogP contribution is 2.64. The van der Waals surface area contributed by atoms with Gasteiger partial charge < -0.3 is 9.30 Å². The van der Waals surface area contributed by atoms with Crippen molar-refractivity contribution in [1.82, 2.24) is 19.7 Å². The second-order valence-corrected chi connectivity index (χ2v) is 8.89. The predicted octanol–water partition coefficient (Wildman–Crippen LogP) is 3.52. The van der Waals surface area contributed by atoms with Crippen LogP contribution < -0.4 is 4.74 Å². The quantitative estimate of drug-likeness (QED) is 0.780. The van der Waals surface area contributed by atoms with E-state index in [1.54, 1.807) is 6.07 Å².